The second-order valence-electron chi connectivity index (χ2n) is 6.83. The molecule has 0 fully saturated rings. The molecule has 1 unspecified atom stereocenters. The summed E-state index contributed by atoms with van der Waals surface area (Å²) in [4.78, 5) is 17.7. The van der Waals surface area contributed by atoms with Crippen molar-refractivity contribution in [3.8, 4) is 11.6 Å². The first-order chi connectivity index (χ1) is 13.1. The zero-order valence-electron chi connectivity index (χ0n) is 15.8. The van der Waals surface area contributed by atoms with E-state index >= 15 is 0 Å². The monoisotopic (exact) mass is 363 g/mol. The minimum atomic E-state index is -0.131. The molecule has 1 atom stereocenters. The van der Waals surface area contributed by atoms with Crippen molar-refractivity contribution in [2.75, 3.05) is 0 Å². The zero-order chi connectivity index (χ0) is 19.1. The third-order valence-electron chi connectivity index (χ3n) is 4.36. The third-order valence-corrected chi connectivity index (χ3v) is 4.36. The Labute approximate surface area is 159 Å². The fraction of sp³-hybridized carbons (Fsp3) is 0.273. The van der Waals surface area contributed by atoms with Gasteiger partial charge in [0.25, 0.3) is 5.91 Å². The normalized spacial score (nSPS) is 11.8. The van der Waals surface area contributed by atoms with Crippen LogP contribution in [0.25, 0.3) is 5.69 Å². The molecule has 0 saturated heterocycles. The smallest absolute Gasteiger partial charge is 0.252 e. The zero-order valence-corrected chi connectivity index (χ0v) is 15.8. The number of nitrogens with one attached hydrogen (secondary N) is 1. The van der Waals surface area contributed by atoms with Crippen molar-refractivity contribution >= 4 is 5.91 Å². The predicted octanol–water partition coefficient (Wildman–Crippen LogP) is 4.25. The minimum Gasteiger partial charge on any atom is -0.359 e. The summed E-state index contributed by atoms with van der Waals surface area (Å²) in [6.07, 6.45) is 2.20. The van der Waals surface area contributed by atoms with Crippen LogP contribution in [-0.2, 0) is 11.2 Å². The first kappa shape index (κ1) is 18.7. The lowest BCUT2D eigenvalue weighted by Gasteiger charge is -2.12. The van der Waals surface area contributed by atoms with Gasteiger partial charge in [-0.15, -0.1) is 0 Å². The van der Waals surface area contributed by atoms with Gasteiger partial charge in [0.05, 0.1) is 11.4 Å². The average molecular weight is 363 g/mol. The Morgan fingerprint density at radius 2 is 1.78 bits per heavy atom. The number of para-hydroxylation sites is 1. The van der Waals surface area contributed by atoms with E-state index in [1.165, 1.54) is 5.56 Å². The van der Waals surface area contributed by atoms with Crippen molar-refractivity contribution in [1.29, 1.82) is 0 Å². The molecule has 3 rings (SSSR count). The van der Waals surface area contributed by atoms with Gasteiger partial charge in [0.2, 0.25) is 5.88 Å². The number of hydroxylamine groups is 1. The second kappa shape index (κ2) is 9.03. The average Bonchev–Trinajstić information content (AvgIpc) is 3.07. The first-order valence-corrected chi connectivity index (χ1v) is 9.23. The molecule has 1 N–H and O–H groups in total. The summed E-state index contributed by atoms with van der Waals surface area (Å²) in [6.45, 7) is 4.05. The maximum Gasteiger partial charge on any atom is 0.252 e. The summed E-state index contributed by atoms with van der Waals surface area (Å²) in [5.41, 5.74) is 5.54. The van der Waals surface area contributed by atoms with Crippen molar-refractivity contribution in [3.63, 3.8) is 0 Å². The van der Waals surface area contributed by atoms with Crippen molar-refractivity contribution in [2.45, 2.75) is 33.1 Å². The van der Waals surface area contributed by atoms with Crippen LogP contribution in [0.5, 0.6) is 5.88 Å². The molecule has 5 nitrogen and oxygen atoms in total. The van der Waals surface area contributed by atoms with E-state index in [1.54, 1.807) is 10.7 Å². The highest BCUT2D eigenvalue weighted by Gasteiger charge is 2.12. The van der Waals surface area contributed by atoms with E-state index < -0.39 is 0 Å². The van der Waals surface area contributed by atoms with Crippen LogP contribution in [0.3, 0.4) is 0 Å². The number of amides is 1. The van der Waals surface area contributed by atoms with Gasteiger partial charge in [-0.05, 0) is 43.4 Å². The Morgan fingerprint density at radius 3 is 2.48 bits per heavy atom. The van der Waals surface area contributed by atoms with Gasteiger partial charge in [-0.25, -0.2) is 0 Å². The largest absolute Gasteiger partial charge is 0.359 e. The molecule has 0 aliphatic heterocycles. The van der Waals surface area contributed by atoms with Crippen LogP contribution in [0.4, 0.5) is 0 Å². The summed E-state index contributed by atoms with van der Waals surface area (Å²) < 4.78 is 1.67. The molecule has 0 radical (unpaired) electrons. The van der Waals surface area contributed by atoms with E-state index in [2.05, 4.69) is 29.6 Å². The van der Waals surface area contributed by atoms with E-state index in [0.717, 1.165) is 24.2 Å². The lowest BCUT2D eigenvalue weighted by molar-refractivity contribution is -0.128. The number of carbonyl (C=O) groups excluding carboxylic acids is 1. The molecule has 0 saturated carbocycles. The summed E-state index contributed by atoms with van der Waals surface area (Å²) in [5.74, 6) is 0.785. The number of carbonyl (C=O) groups is 1. The molecule has 27 heavy (non-hydrogen) atoms. The van der Waals surface area contributed by atoms with Gasteiger partial charge in [-0.1, -0.05) is 55.5 Å². The molecule has 5 heteroatoms. The van der Waals surface area contributed by atoms with Gasteiger partial charge >= 0.3 is 0 Å². The number of rotatable bonds is 8. The molecule has 0 bridgehead atoms. The minimum absolute atomic E-state index is 0.131. The Hall–Kier alpha value is -3.08. The van der Waals surface area contributed by atoms with Crippen LogP contribution in [0.15, 0.2) is 66.7 Å². The highest BCUT2D eigenvalue weighted by Crippen LogP contribution is 2.18. The molecule has 0 spiro atoms. The number of nitrogens with zero attached hydrogens (tertiary/aromatic N) is 2. The maximum absolute atomic E-state index is 12.2. The van der Waals surface area contributed by atoms with E-state index in [9.17, 15) is 4.79 Å². The van der Waals surface area contributed by atoms with Crippen LogP contribution in [0.2, 0.25) is 0 Å². The Balaban J connectivity index is 1.50. The van der Waals surface area contributed by atoms with E-state index in [0.29, 0.717) is 18.2 Å². The lowest BCUT2D eigenvalue weighted by Crippen LogP contribution is -2.28. The highest BCUT2D eigenvalue weighted by atomic mass is 16.7. The lowest BCUT2D eigenvalue weighted by atomic mass is 9.96. The summed E-state index contributed by atoms with van der Waals surface area (Å²) >= 11 is 0. The van der Waals surface area contributed by atoms with Gasteiger partial charge < -0.3 is 4.84 Å². The van der Waals surface area contributed by atoms with Crippen LogP contribution in [0.1, 0.15) is 31.0 Å². The quantitative estimate of drug-likeness (QED) is 0.609. The van der Waals surface area contributed by atoms with Crippen molar-refractivity contribution in [2.24, 2.45) is 5.92 Å². The Bertz CT molecular complexity index is 860. The van der Waals surface area contributed by atoms with Crippen molar-refractivity contribution < 1.29 is 9.63 Å². The molecular weight excluding hydrogens is 338 g/mol. The summed E-state index contributed by atoms with van der Waals surface area (Å²) in [7, 11) is 0. The van der Waals surface area contributed by atoms with Gasteiger partial charge in [-0.3, -0.25) is 4.79 Å². The topological polar surface area (TPSA) is 56.1 Å². The molecule has 1 aromatic heterocycles. The molecule has 2 aromatic carbocycles. The summed E-state index contributed by atoms with van der Waals surface area (Å²) in [6, 6.07) is 21.8. The Kier molecular flexibility index (Phi) is 6.26. The molecule has 140 valence electrons. The maximum atomic E-state index is 12.2. The SMILES string of the molecule is Cc1cc(ONC(=O)CCC(C)Cc2ccccc2)n(-c2ccccc2)n1. The van der Waals surface area contributed by atoms with Gasteiger partial charge in [0, 0.05) is 12.5 Å². The third kappa shape index (κ3) is 5.45. The van der Waals surface area contributed by atoms with Gasteiger partial charge in [-0.2, -0.15) is 15.3 Å². The predicted molar refractivity (Wildman–Crippen MR) is 106 cm³/mol. The summed E-state index contributed by atoms with van der Waals surface area (Å²) in [5, 5.41) is 4.42. The first-order valence-electron chi connectivity index (χ1n) is 9.23. The van der Waals surface area contributed by atoms with E-state index in [4.69, 9.17) is 4.84 Å². The molecule has 0 aliphatic rings. The van der Waals surface area contributed by atoms with Crippen LogP contribution in [-0.4, -0.2) is 15.7 Å². The molecular formula is C22H25N3O2. The molecule has 3 aromatic rings. The van der Waals surface area contributed by atoms with E-state index in [1.807, 2.05) is 55.5 Å². The Morgan fingerprint density at radius 1 is 1.11 bits per heavy atom. The van der Waals surface area contributed by atoms with Gasteiger partial charge in [0.1, 0.15) is 0 Å². The highest BCUT2D eigenvalue weighted by molar-refractivity contribution is 5.74. The van der Waals surface area contributed by atoms with Gasteiger partial charge in [0.15, 0.2) is 0 Å². The van der Waals surface area contributed by atoms with E-state index in [-0.39, 0.29) is 5.91 Å². The van der Waals surface area contributed by atoms with Crippen LogP contribution >= 0.6 is 0 Å². The second-order valence-corrected chi connectivity index (χ2v) is 6.83. The van der Waals surface area contributed by atoms with Crippen molar-refractivity contribution in [3.05, 3.63) is 78.0 Å². The molecule has 1 heterocycles. The fourth-order valence-corrected chi connectivity index (χ4v) is 2.96. The number of aryl methyl sites for hydroxylation is 1. The molecule has 1 amide bonds. The number of aromatic nitrogens is 2. The fourth-order valence-electron chi connectivity index (χ4n) is 2.96. The van der Waals surface area contributed by atoms with Crippen LogP contribution < -0.4 is 10.3 Å². The number of hydrogen-bond acceptors (Lipinski definition) is 3. The van der Waals surface area contributed by atoms with Crippen LogP contribution in [0, 0.1) is 12.8 Å². The van der Waals surface area contributed by atoms with Crippen molar-refractivity contribution in [1.82, 2.24) is 15.3 Å². The standard InChI is InChI=1S/C22H25N3O2/c1-17(15-19-9-5-3-6-10-19)13-14-21(26)24-27-22-16-18(2)23-25(22)20-11-7-4-8-12-20/h3-12,16-17H,13-15H2,1-2H3,(H,24,26). The molecule has 0 aliphatic carbocycles. The number of hydrogen-bond donors (Lipinski definition) is 1. The number of benzene rings is 2.